The average molecular weight is 588 g/mol. The van der Waals surface area contributed by atoms with Gasteiger partial charge >= 0.3 is 0 Å². The van der Waals surface area contributed by atoms with Crippen molar-refractivity contribution < 1.29 is 27.5 Å². The van der Waals surface area contributed by atoms with Gasteiger partial charge in [-0.1, -0.05) is 48.4 Å². The van der Waals surface area contributed by atoms with Crippen molar-refractivity contribution in [1.82, 2.24) is 15.0 Å². The zero-order chi connectivity index (χ0) is 21.5. The number of fused-ring (bicyclic) bond motifs is 2. The van der Waals surface area contributed by atoms with Gasteiger partial charge in [0.25, 0.3) is 0 Å². The van der Waals surface area contributed by atoms with Crippen LogP contribution in [0.4, 0.5) is 0 Å². The van der Waals surface area contributed by atoms with E-state index in [2.05, 4.69) is 60.3 Å². The van der Waals surface area contributed by atoms with Crippen molar-refractivity contribution in [2.75, 3.05) is 0 Å². The van der Waals surface area contributed by atoms with Crippen LogP contribution in [0.3, 0.4) is 0 Å². The second-order valence-corrected chi connectivity index (χ2v) is 8.08. The minimum atomic E-state index is -0.915. The summed E-state index contributed by atoms with van der Waals surface area (Å²) in [5, 5.41) is 21.8. The second-order valence-electron chi connectivity index (χ2n) is 8.08. The van der Waals surface area contributed by atoms with Crippen LogP contribution in [0.2, 0.25) is 0 Å². The number of aliphatic hydroxyl groups excluding tert-OH is 1. The van der Waals surface area contributed by atoms with Gasteiger partial charge < -0.3 is 15.1 Å². The van der Waals surface area contributed by atoms with E-state index in [1.807, 2.05) is 6.20 Å². The molecule has 2 aromatic heterocycles. The third-order valence-electron chi connectivity index (χ3n) is 6.16. The summed E-state index contributed by atoms with van der Waals surface area (Å²) in [6, 6.07) is 9.59. The summed E-state index contributed by atoms with van der Waals surface area (Å²) in [6.45, 7) is 4.18. The van der Waals surface area contributed by atoms with Crippen molar-refractivity contribution in [3.05, 3.63) is 88.4 Å². The van der Waals surface area contributed by atoms with Crippen molar-refractivity contribution >= 4 is 21.9 Å². The normalized spacial score (nSPS) is 16.2. The zero-order valence-corrected chi connectivity index (χ0v) is 21.2. The van der Waals surface area contributed by atoms with Gasteiger partial charge in [-0.05, 0) is 54.5 Å². The molecular formula is C26H23N4OTa-. The van der Waals surface area contributed by atoms with Crippen LogP contribution in [-0.4, -0.2) is 15.1 Å². The molecule has 0 saturated carbocycles. The maximum Gasteiger partial charge on any atom is 0.140 e. The van der Waals surface area contributed by atoms with Crippen LogP contribution in [0.1, 0.15) is 59.0 Å². The van der Waals surface area contributed by atoms with E-state index in [1.54, 1.807) is 18.2 Å². The molecule has 0 bridgehead atoms. The standard InChI is InChI=1S/C26H23N4O.Ta/c1-3-17-11-15(2)24-23(19(14-28-24)18-7-5-4-6-8-18)22(17)25(31)26-29-20-10-9-16(13-27)12-21(20)30-26;/h4-7,9-12,14,18,25,31H,3,8H2,1-2H3,(H,29,30);/q-1;. The van der Waals surface area contributed by atoms with E-state index < -0.39 is 6.10 Å². The maximum absolute atomic E-state index is 11.5. The molecule has 5 rings (SSSR count). The Balaban J connectivity index is 0.00000245. The molecule has 1 radical (unpaired) electrons. The number of aliphatic hydroxyl groups is 1. The fourth-order valence-corrected chi connectivity index (χ4v) is 4.61. The summed E-state index contributed by atoms with van der Waals surface area (Å²) in [5.74, 6) is 0.720. The van der Waals surface area contributed by atoms with Gasteiger partial charge in [0.1, 0.15) is 11.9 Å². The van der Waals surface area contributed by atoms with Crippen LogP contribution < -0.4 is 4.98 Å². The minimum Gasteiger partial charge on any atom is -0.663 e. The van der Waals surface area contributed by atoms with Gasteiger partial charge in [0.15, 0.2) is 0 Å². The van der Waals surface area contributed by atoms with Crippen molar-refractivity contribution in [3.8, 4) is 6.07 Å². The van der Waals surface area contributed by atoms with Crippen LogP contribution >= 0.6 is 0 Å². The van der Waals surface area contributed by atoms with Crippen LogP contribution in [0.15, 0.2) is 54.8 Å². The molecule has 2 N–H and O–H groups in total. The van der Waals surface area contributed by atoms with E-state index in [0.717, 1.165) is 57.0 Å². The summed E-state index contributed by atoms with van der Waals surface area (Å²) in [4.78, 5) is 12.6. The Morgan fingerprint density at radius 1 is 1.31 bits per heavy atom. The number of aromatic nitrogens is 3. The summed E-state index contributed by atoms with van der Waals surface area (Å²) >= 11 is 0. The molecule has 159 valence electrons. The first kappa shape index (κ1) is 22.3. The number of H-pyrrole nitrogens is 1. The van der Waals surface area contributed by atoms with E-state index in [4.69, 9.17) is 4.98 Å². The predicted octanol–water partition coefficient (Wildman–Crippen LogP) is 5.09. The second kappa shape index (κ2) is 8.93. The maximum atomic E-state index is 11.5. The molecule has 2 heterocycles. The number of aromatic amines is 1. The molecule has 4 aromatic rings. The molecule has 0 saturated heterocycles. The number of hydrogen-bond acceptors (Lipinski definition) is 3. The van der Waals surface area contributed by atoms with Gasteiger partial charge in [-0.15, -0.1) is 5.52 Å². The molecule has 6 heteroatoms. The Bertz CT molecular complexity index is 1400. The molecule has 0 aliphatic heterocycles. The first-order valence-electron chi connectivity index (χ1n) is 10.6. The number of aryl methyl sites for hydroxylation is 2. The summed E-state index contributed by atoms with van der Waals surface area (Å²) < 4.78 is 0. The number of allylic oxidation sites excluding steroid dienone is 4. The summed E-state index contributed by atoms with van der Waals surface area (Å²) in [5.41, 5.74) is 7.21. The van der Waals surface area contributed by atoms with Crippen LogP contribution in [0, 0.1) is 18.3 Å². The zero-order valence-electron chi connectivity index (χ0n) is 18.0. The van der Waals surface area contributed by atoms with Crippen LogP contribution in [0.25, 0.3) is 21.9 Å². The molecule has 2 aromatic carbocycles. The van der Waals surface area contributed by atoms with Crippen molar-refractivity contribution in [3.63, 3.8) is 0 Å². The largest absolute Gasteiger partial charge is 0.663 e. The van der Waals surface area contributed by atoms with Gasteiger partial charge in [0, 0.05) is 28.3 Å². The Morgan fingerprint density at radius 3 is 2.88 bits per heavy atom. The molecule has 2 atom stereocenters. The first-order valence-corrected chi connectivity index (χ1v) is 10.6. The quantitative estimate of drug-likeness (QED) is 0.348. The fraction of sp³-hybridized carbons (Fsp3) is 0.231. The molecular weight excluding hydrogens is 565 g/mol. The fourth-order valence-electron chi connectivity index (χ4n) is 4.61. The topological polar surface area (TPSA) is 86.8 Å². The number of rotatable bonds is 4. The van der Waals surface area contributed by atoms with Crippen molar-refractivity contribution in [1.29, 1.82) is 5.26 Å². The van der Waals surface area contributed by atoms with Gasteiger partial charge in [-0.2, -0.15) is 11.5 Å². The number of hydrogen-bond donors (Lipinski definition) is 2. The van der Waals surface area contributed by atoms with Crippen LogP contribution in [-0.2, 0) is 28.8 Å². The molecule has 0 amide bonds. The number of nitrogens with one attached hydrogen (secondary N) is 1. The Kier molecular flexibility index (Phi) is 6.23. The molecule has 2 unspecified atom stereocenters. The molecule has 1 aliphatic rings. The molecule has 0 fully saturated rings. The minimum absolute atomic E-state index is 0. The summed E-state index contributed by atoms with van der Waals surface area (Å²) in [6.07, 6.45) is 11.3. The van der Waals surface area contributed by atoms with Crippen molar-refractivity contribution in [2.24, 2.45) is 0 Å². The molecule has 5 nitrogen and oxygen atoms in total. The molecule has 1 aliphatic carbocycles. The SMILES string of the molecule is CCc1cc(C)c2[n-]cc(C3C=CC=CC3)c2c1C(O)c1nc2ccc(C#N)cc2[nH]1.[Ta]. The van der Waals surface area contributed by atoms with Gasteiger partial charge in [0.05, 0.1) is 22.7 Å². The predicted molar refractivity (Wildman–Crippen MR) is 122 cm³/mol. The van der Waals surface area contributed by atoms with Gasteiger partial charge in [-0.3, -0.25) is 0 Å². The van der Waals surface area contributed by atoms with Crippen LogP contribution in [0.5, 0.6) is 0 Å². The Morgan fingerprint density at radius 2 is 2.16 bits per heavy atom. The van der Waals surface area contributed by atoms with Gasteiger partial charge in [-0.25, -0.2) is 4.98 Å². The number of benzene rings is 2. The van der Waals surface area contributed by atoms with E-state index in [-0.39, 0.29) is 28.3 Å². The number of imidazole rings is 1. The third-order valence-corrected chi connectivity index (χ3v) is 6.16. The Hall–Kier alpha value is -2.88. The monoisotopic (exact) mass is 588 g/mol. The smallest absolute Gasteiger partial charge is 0.140 e. The molecule has 32 heavy (non-hydrogen) atoms. The third kappa shape index (κ3) is 3.66. The first-order chi connectivity index (χ1) is 15.1. The van der Waals surface area contributed by atoms with Crippen molar-refractivity contribution in [2.45, 2.75) is 38.7 Å². The molecule has 0 spiro atoms. The number of nitrogens with zero attached hydrogens (tertiary/aromatic N) is 3. The van der Waals surface area contributed by atoms with Gasteiger partial charge in [0.2, 0.25) is 0 Å². The van der Waals surface area contributed by atoms with E-state index >= 15 is 0 Å². The number of nitriles is 1. The van der Waals surface area contributed by atoms with E-state index in [9.17, 15) is 10.4 Å². The van der Waals surface area contributed by atoms with E-state index in [0.29, 0.717) is 11.4 Å². The average Bonchev–Trinajstić information content (AvgIpc) is 3.43. The van der Waals surface area contributed by atoms with E-state index in [1.165, 1.54) is 0 Å². The summed E-state index contributed by atoms with van der Waals surface area (Å²) in [7, 11) is 0. The Labute approximate surface area is 202 Å².